The minimum atomic E-state index is -0.379. The number of H-pyrrole nitrogens is 1. The standard InChI is InChI=1S/C9H9N3O2/c1-5-3-7(12(13)14)6(2)9-8(5)10-4-11-9/h3-4H,1-2H3,(H,10,11). The second-order valence-electron chi connectivity index (χ2n) is 3.22. The summed E-state index contributed by atoms with van der Waals surface area (Å²) in [5.41, 5.74) is 3.12. The summed E-state index contributed by atoms with van der Waals surface area (Å²) in [7, 11) is 0. The van der Waals surface area contributed by atoms with E-state index in [1.165, 1.54) is 0 Å². The molecule has 5 nitrogen and oxygen atoms in total. The van der Waals surface area contributed by atoms with Crippen LogP contribution in [-0.4, -0.2) is 14.9 Å². The highest BCUT2D eigenvalue weighted by molar-refractivity contribution is 5.84. The van der Waals surface area contributed by atoms with Gasteiger partial charge in [0.15, 0.2) is 0 Å². The molecule has 0 spiro atoms. The summed E-state index contributed by atoms with van der Waals surface area (Å²) in [6.45, 7) is 3.54. The molecule has 0 atom stereocenters. The Morgan fingerprint density at radius 2 is 2.21 bits per heavy atom. The van der Waals surface area contributed by atoms with Gasteiger partial charge in [0.1, 0.15) is 0 Å². The van der Waals surface area contributed by atoms with Gasteiger partial charge in [-0.05, 0) is 19.4 Å². The van der Waals surface area contributed by atoms with Crippen LogP contribution in [0.15, 0.2) is 12.4 Å². The first kappa shape index (κ1) is 8.68. The third kappa shape index (κ3) is 1.06. The predicted octanol–water partition coefficient (Wildman–Crippen LogP) is 2.09. The number of aromatic nitrogens is 2. The third-order valence-corrected chi connectivity index (χ3v) is 2.32. The molecule has 0 amide bonds. The smallest absolute Gasteiger partial charge is 0.274 e. The number of benzene rings is 1. The van der Waals surface area contributed by atoms with E-state index >= 15 is 0 Å². The quantitative estimate of drug-likeness (QED) is 0.554. The van der Waals surface area contributed by atoms with Crippen LogP contribution in [0.3, 0.4) is 0 Å². The van der Waals surface area contributed by atoms with Gasteiger partial charge < -0.3 is 4.98 Å². The van der Waals surface area contributed by atoms with E-state index in [2.05, 4.69) is 9.97 Å². The van der Waals surface area contributed by atoms with E-state index in [0.717, 1.165) is 11.1 Å². The first-order chi connectivity index (χ1) is 6.61. The van der Waals surface area contributed by atoms with E-state index in [9.17, 15) is 10.1 Å². The Hall–Kier alpha value is -1.91. The molecular weight excluding hydrogens is 182 g/mol. The second-order valence-corrected chi connectivity index (χ2v) is 3.22. The number of aryl methyl sites for hydroxylation is 2. The zero-order valence-corrected chi connectivity index (χ0v) is 7.87. The molecule has 0 unspecified atom stereocenters. The number of fused-ring (bicyclic) bond motifs is 1. The minimum absolute atomic E-state index is 0.127. The second kappa shape index (κ2) is 2.80. The van der Waals surface area contributed by atoms with E-state index in [1.807, 2.05) is 6.92 Å². The molecule has 0 saturated heterocycles. The summed E-state index contributed by atoms with van der Waals surface area (Å²) in [6, 6.07) is 1.57. The van der Waals surface area contributed by atoms with Crippen LogP contribution in [0.4, 0.5) is 5.69 Å². The maximum Gasteiger partial charge on any atom is 0.274 e. The lowest BCUT2D eigenvalue weighted by Crippen LogP contribution is -1.94. The highest BCUT2D eigenvalue weighted by Crippen LogP contribution is 2.27. The normalized spacial score (nSPS) is 10.7. The molecule has 72 valence electrons. The van der Waals surface area contributed by atoms with Crippen LogP contribution >= 0.6 is 0 Å². The Kier molecular flexibility index (Phi) is 1.73. The first-order valence-corrected chi connectivity index (χ1v) is 4.19. The van der Waals surface area contributed by atoms with Crippen molar-refractivity contribution in [1.29, 1.82) is 0 Å². The van der Waals surface area contributed by atoms with E-state index in [4.69, 9.17) is 0 Å². The zero-order chi connectivity index (χ0) is 10.3. The number of nitro benzene ring substituents is 1. The fraction of sp³-hybridized carbons (Fsp3) is 0.222. The van der Waals surface area contributed by atoms with Crippen molar-refractivity contribution in [2.45, 2.75) is 13.8 Å². The molecular formula is C9H9N3O2. The van der Waals surface area contributed by atoms with E-state index in [-0.39, 0.29) is 10.6 Å². The Bertz CT molecular complexity index is 516. The first-order valence-electron chi connectivity index (χ1n) is 4.19. The third-order valence-electron chi connectivity index (χ3n) is 2.32. The van der Waals surface area contributed by atoms with E-state index in [1.54, 1.807) is 19.3 Å². The molecule has 0 bridgehead atoms. The Balaban J connectivity index is 2.88. The predicted molar refractivity (Wildman–Crippen MR) is 52.2 cm³/mol. The number of nitrogens with zero attached hydrogens (tertiary/aromatic N) is 2. The van der Waals surface area contributed by atoms with Crippen molar-refractivity contribution in [3.05, 3.63) is 33.6 Å². The average Bonchev–Trinajstić information content (AvgIpc) is 2.59. The number of rotatable bonds is 1. The summed E-state index contributed by atoms with van der Waals surface area (Å²) in [4.78, 5) is 17.4. The van der Waals surface area contributed by atoms with Crippen LogP contribution in [-0.2, 0) is 0 Å². The summed E-state index contributed by atoms with van der Waals surface area (Å²) in [5, 5.41) is 10.7. The van der Waals surface area contributed by atoms with Gasteiger partial charge in [-0.1, -0.05) is 0 Å². The summed E-state index contributed by atoms with van der Waals surface area (Å²) < 4.78 is 0. The highest BCUT2D eigenvalue weighted by atomic mass is 16.6. The van der Waals surface area contributed by atoms with Gasteiger partial charge in [-0.25, -0.2) is 4.98 Å². The number of nitro groups is 1. The fourth-order valence-electron chi connectivity index (χ4n) is 1.58. The van der Waals surface area contributed by atoms with Crippen LogP contribution in [0.5, 0.6) is 0 Å². The lowest BCUT2D eigenvalue weighted by Gasteiger charge is -2.00. The number of imidazole rings is 1. The summed E-state index contributed by atoms with van der Waals surface area (Å²) in [6.07, 6.45) is 1.55. The topological polar surface area (TPSA) is 71.8 Å². The van der Waals surface area contributed by atoms with Gasteiger partial charge >= 0.3 is 0 Å². The molecule has 1 aromatic heterocycles. The lowest BCUT2D eigenvalue weighted by atomic mass is 10.1. The molecule has 5 heteroatoms. The Morgan fingerprint density at radius 1 is 1.50 bits per heavy atom. The maximum absolute atomic E-state index is 10.7. The molecule has 1 aromatic carbocycles. The van der Waals surface area contributed by atoms with E-state index in [0.29, 0.717) is 11.1 Å². The van der Waals surface area contributed by atoms with Crippen molar-refractivity contribution in [2.75, 3.05) is 0 Å². The van der Waals surface area contributed by atoms with Gasteiger partial charge in [0.2, 0.25) is 0 Å². The van der Waals surface area contributed by atoms with Crippen molar-refractivity contribution < 1.29 is 4.92 Å². The van der Waals surface area contributed by atoms with Crippen molar-refractivity contribution in [3.63, 3.8) is 0 Å². The van der Waals surface area contributed by atoms with Crippen LogP contribution in [0, 0.1) is 24.0 Å². The average molecular weight is 191 g/mol. The Morgan fingerprint density at radius 3 is 2.86 bits per heavy atom. The molecule has 2 rings (SSSR count). The van der Waals surface area contributed by atoms with Gasteiger partial charge in [0, 0.05) is 6.07 Å². The zero-order valence-electron chi connectivity index (χ0n) is 7.87. The maximum atomic E-state index is 10.7. The van der Waals surface area contributed by atoms with Crippen molar-refractivity contribution in [1.82, 2.24) is 9.97 Å². The monoisotopic (exact) mass is 191 g/mol. The van der Waals surface area contributed by atoms with Gasteiger partial charge in [0.05, 0.1) is 27.8 Å². The number of aromatic amines is 1. The minimum Gasteiger partial charge on any atom is -0.344 e. The van der Waals surface area contributed by atoms with Crippen molar-refractivity contribution >= 4 is 16.7 Å². The molecule has 1 heterocycles. The summed E-state index contributed by atoms with van der Waals surface area (Å²) >= 11 is 0. The lowest BCUT2D eigenvalue weighted by molar-refractivity contribution is -0.385. The van der Waals surface area contributed by atoms with Crippen LogP contribution in [0.2, 0.25) is 0 Å². The molecule has 14 heavy (non-hydrogen) atoms. The number of hydrogen-bond donors (Lipinski definition) is 1. The molecule has 1 N–H and O–H groups in total. The fourth-order valence-corrected chi connectivity index (χ4v) is 1.58. The van der Waals surface area contributed by atoms with Crippen molar-refractivity contribution in [2.24, 2.45) is 0 Å². The van der Waals surface area contributed by atoms with E-state index < -0.39 is 0 Å². The molecule has 2 aromatic rings. The van der Waals surface area contributed by atoms with Gasteiger partial charge in [-0.15, -0.1) is 0 Å². The van der Waals surface area contributed by atoms with Crippen molar-refractivity contribution in [3.8, 4) is 0 Å². The molecule has 0 aliphatic rings. The number of nitrogens with one attached hydrogen (secondary N) is 1. The van der Waals surface area contributed by atoms with Gasteiger partial charge in [-0.2, -0.15) is 0 Å². The number of hydrogen-bond acceptors (Lipinski definition) is 3. The van der Waals surface area contributed by atoms with Gasteiger partial charge in [0.25, 0.3) is 5.69 Å². The summed E-state index contributed by atoms with van der Waals surface area (Å²) in [5.74, 6) is 0. The molecule has 0 aliphatic carbocycles. The molecule has 0 saturated carbocycles. The highest BCUT2D eigenvalue weighted by Gasteiger charge is 2.16. The largest absolute Gasteiger partial charge is 0.344 e. The molecule has 0 fully saturated rings. The Labute approximate surface area is 79.9 Å². The molecule has 0 radical (unpaired) electrons. The van der Waals surface area contributed by atoms with Gasteiger partial charge in [-0.3, -0.25) is 10.1 Å². The van der Waals surface area contributed by atoms with Crippen LogP contribution in [0.1, 0.15) is 11.1 Å². The van der Waals surface area contributed by atoms with Crippen LogP contribution < -0.4 is 0 Å². The van der Waals surface area contributed by atoms with Crippen LogP contribution in [0.25, 0.3) is 11.0 Å². The molecule has 0 aliphatic heterocycles. The SMILES string of the molecule is Cc1c([N+](=O)[O-])cc(C)c2[nH]cnc12.